The normalized spacial score (nSPS) is 12.0. The summed E-state index contributed by atoms with van der Waals surface area (Å²) >= 11 is 3.37. The quantitative estimate of drug-likeness (QED) is 0.836. The molecule has 0 fully saturated rings. The van der Waals surface area contributed by atoms with Crippen LogP contribution in [0.5, 0.6) is 5.75 Å². The second-order valence-corrected chi connectivity index (χ2v) is 4.64. The van der Waals surface area contributed by atoms with Gasteiger partial charge in [0.2, 0.25) is 0 Å². The van der Waals surface area contributed by atoms with E-state index in [1.165, 1.54) is 0 Å². The van der Waals surface area contributed by atoms with Crippen molar-refractivity contribution >= 4 is 21.8 Å². The number of nitrogens with zero attached hydrogens (tertiary/aromatic N) is 1. The average Bonchev–Trinajstić information content (AvgIpc) is 2.30. The fourth-order valence-corrected chi connectivity index (χ4v) is 1.97. The molecular weight excluding hydrogens is 282 g/mol. The lowest BCUT2D eigenvalue weighted by Gasteiger charge is -2.23. The highest BCUT2D eigenvalue weighted by atomic mass is 79.9. The van der Waals surface area contributed by atoms with Gasteiger partial charge in [-0.2, -0.15) is 0 Å². The molecule has 1 aromatic rings. The van der Waals surface area contributed by atoms with Crippen molar-refractivity contribution in [3.05, 3.63) is 28.7 Å². The van der Waals surface area contributed by atoms with Crippen LogP contribution >= 0.6 is 15.9 Å². The zero-order chi connectivity index (χ0) is 12.8. The topological polar surface area (TPSA) is 29.5 Å². The molecule has 0 N–H and O–H groups in total. The van der Waals surface area contributed by atoms with E-state index < -0.39 is 6.10 Å². The summed E-state index contributed by atoms with van der Waals surface area (Å²) in [6, 6.07) is 7.50. The molecule has 0 aliphatic carbocycles. The van der Waals surface area contributed by atoms with Gasteiger partial charge in [-0.3, -0.25) is 4.79 Å². The monoisotopic (exact) mass is 299 g/mol. The number of carbonyl (C=O) groups excluding carboxylic acids is 1. The van der Waals surface area contributed by atoms with Crippen LogP contribution in [0.25, 0.3) is 0 Å². The number of hydrogen-bond acceptors (Lipinski definition) is 2. The Balaban J connectivity index is 2.65. The van der Waals surface area contributed by atoms with Crippen LogP contribution in [0.15, 0.2) is 28.7 Å². The van der Waals surface area contributed by atoms with E-state index in [4.69, 9.17) is 4.74 Å². The third-order valence-electron chi connectivity index (χ3n) is 2.53. The van der Waals surface area contributed by atoms with Crippen LogP contribution in [0, 0.1) is 0 Å². The van der Waals surface area contributed by atoms with Crippen LogP contribution in [0.3, 0.4) is 0 Å². The van der Waals surface area contributed by atoms with E-state index in [1.807, 2.05) is 38.1 Å². The van der Waals surface area contributed by atoms with Gasteiger partial charge in [-0.05, 0) is 39.0 Å². The van der Waals surface area contributed by atoms with E-state index in [1.54, 1.807) is 11.8 Å². The number of hydrogen-bond donors (Lipinski definition) is 0. The van der Waals surface area contributed by atoms with E-state index in [-0.39, 0.29) is 5.91 Å². The first-order valence-corrected chi connectivity index (χ1v) is 6.58. The van der Waals surface area contributed by atoms with Crippen molar-refractivity contribution in [2.45, 2.75) is 26.9 Å². The minimum atomic E-state index is -0.454. The summed E-state index contributed by atoms with van der Waals surface area (Å²) in [6.07, 6.45) is -0.454. The molecule has 1 aromatic carbocycles. The van der Waals surface area contributed by atoms with Gasteiger partial charge in [0.1, 0.15) is 5.75 Å². The Morgan fingerprint density at radius 1 is 1.41 bits per heavy atom. The van der Waals surface area contributed by atoms with E-state index >= 15 is 0 Å². The molecule has 0 bridgehead atoms. The molecule has 0 heterocycles. The molecule has 0 aliphatic heterocycles. The highest BCUT2D eigenvalue weighted by molar-refractivity contribution is 9.10. The van der Waals surface area contributed by atoms with Crippen LogP contribution in [-0.4, -0.2) is 30.0 Å². The Morgan fingerprint density at radius 3 is 2.59 bits per heavy atom. The van der Waals surface area contributed by atoms with Crippen LogP contribution in [0.2, 0.25) is 0 Å². The average molecular weight is 300 g/mol. The smallest absolute Gasteiger partial charge is 0.263 e. The zero-order valence-corrected chi connectivity index (χ0v) is 12.0. The molecule has 1 atom stereocenters. The van der Waals surface area contributed by atoms with Gasteiger partial charge in [0, 0.05) is 17.6 Å². The first-order chi connectivity index (χ1) is 8.08. The first kappa shape index (κ1) is 14.0. The molecule has 0 aromatic heterocycles. The van der Waals surface area contributed by atoms with Gasteiger partial charge in [-0.1, -0.05) is 22.0 Å². The van der Waals surface area contributed by atoms with E-state index in [0.717, 1.165) is 4.47 Å². The lowest BCUT2D eigenvalue weighted by molar-refractivity contribution is -0.137. The summed E-state index contributed by atoms with van der Waals surface area (Å²) in [6.45, 7) is 7.13. The van der Waals surface area contributed by atoms with Crippen LogP contribution in [0.1, 0.15) is 20.8 Å². The molecular formula is C13H18BrNO2. The van der Waals surface area contributed by atoms with Gasteiger partial charge >= 0.3 is 0 Å². The summed E-state index contributed by atoms with van der Waals surface area (Å²) in [4.78, 5) is 13.8. The zero-order valence-electron chi connectivity index (χ0n) is 10.4. The Morgan fingerprint density at radius 2 is 2.06 bits per heavy atom. The number of amides is 1. The predicted octanol–water partition coefficient (Wildman–Crippen LogP) is 3.08. The van der Waals surface area contributed by atoms with Crippen LogP contribution < -0.4 is 4.74 Å². The summed E-state index contributed by atoms with van der Waals surface area (Å²) in [5, 5.41) is 0. The third-order valence-corrected chi connectivity index (χ3v) is 3.03. The molecule has 0 aliphatic rings. The number of halogens is 1. The number of benzene rings is 1. The molecule has 94 valence electrons. The van der Waals surface area contributed by atoms with Crippen molar-refractivity contribution in [2.75, 3.05) is 13.1 Å². The Bertz CT molecular complexity index is 377. The maximum atomic E-state index is 12.0. The summed E-state index contributed by atoms with van der Waals surface area (Å²) < 4.78 is 6.56. The van der Waals surface area contributed by atoms with Gasteiger partial charge in [0.15, 0.2) is 6.10 Å². The maximum Gasteiger partial charge on any atom is 0.263 e. The number of likely N-dealkylation sites (N-methyl/N-ethyl adjacent to an activating group) is 1. The van der Waals surface area contributed by atoms with Crippen molar-refractivity contribution in [2.24, 2.45) is 0 Å². The van der Waals surface area contributed by atoms with E-state index in [0.29, 0.717) is 18.8 Å². The lowest BCUT2D eigenvalue weighted by Crippen LogP contribution is -2.40. The standard InChI is InChI=1S/C13H18BrNO2/c1-4-15(5-2)13(16)10(3)17-12-8-6-7-11(14)9-12/h6-10H,4-5H2,1-3H3/t10-/m0/s1. The van der Waals surface area contributed by atoms with Crippen molar-refractivity contribution in [3.8, 4) is 5.75 Å². The highest BCUT2D eigenvalue weighted by Gasteiger charge is 2.19. The molecule has 0 radical (unpaired) electrons. The third kappa shape index (κ3) is 4.04. The van der Waals surface area contributed by atoms with Gasteiger partial charge in [0.25, 0.3) is 5.91 Å². The summed E-state index contributed by atoms with van der Waals surface area (Å²) in [7, 11) is 0. The van der Waals surface area contributed by atoms with Crippen molar-refractivity contribution in [1.29, 1.82) is 0 Å². The molecule has 0 saturated carbocycles. The fraction of sp³-hybridized carbons (Fsp3) is 0.462. The van der Waals surface area contributed by atoms with E-state index in [9.17, 15) is 4.79 Å². The molecule has 1 rings (SSSR count). The van der Waals surface area contributed by atoms with Gasteiger partial charge in [-0.25, -0.2) is 0 Å². The van der Waals surface area contributed by atoms with Gasteiger partial charge < -0.3 is 9.64 Å². The van der Waals surface area contributed by atoms with Crippen molar-refractivity contribution < 1.29 is 9.53 Å². The summed E-state index contributed by atoms with van der Waals surface area (Å²) in [5.41, 5.74) is 0. The van der Waals surface area contributed by atoms with Crippen molar-refractivity contribution in [1.82, 2.24) is 4.90 Å². The molecule has 0 saturated heterocycles. The fourth-order valence-electron chi connectivity index (χ4n) is 1.59. The van der Waals surface area contributed by atoms with Crippen molar-refractivity contribution in [3.63, 3.8) is 0 Å². The Kier molecular flexibility index (Phi) is 5.48. The Hall–Kier alpha value is -1.03. The van der Waals surface area contributed by atoms with Crippen LogP contribution in [-0.2, 0) is 4.79 Å². The molecule has 17 heavy (non-hydrogen) atoms. The van der Waals surface area contributed by atoms with Gasteiger partial charge in [0.05, 0.1) is 0 Å². The lowest BCUT2D eigenvalue weighted by atomic mass is 10.3. The summed E-state index contributed by atoms with van der Waals surface area (Å²) in [5.74, 6) is 0.724. The SMILES string of the molecule is CCN(CC)C(=O)[C@H](C)Oc1cccc(Br)c1. The second kappa shape index (κ2) is 6.64. The van der Waals surface area contributed by atoms with Gasteiger partial charge in [-0.15, -0.1) is 0 Å². The highest BCUT2D eigenvalue weighted by Crippen LogP contribution is 2.19. The molecule has 1 amide bonds. The first-order valence-electron chi connectivity index (χ1n) is 5.79. The maximum absolute atomic E-state index is 12.0. The predicted molar refractivity (Wildman–Crippen MR) is 72.2 cm³/mol. The second-order valence-electron chi connectivity index (χ2n) is 3.73. The molecule has 0 unspecified atom stereocenters. The largest absolute Gasteiger partial charge is 0.481 e. The Labute approximate surface area is 111 Å². The molecule has 0 spiro atoms. The number of ether oxygens (including phenoxy) is 1. The van der Waals surface area contributed by atoms with Crippen LogP contribution in [0.4, 0.5) is 0 Å². The minimum Gasteiger partial charge on any atom is -0.481 e. The molecule has 4 heteroatoms. The number of rotatable bonds is 5. The minimum absolute atomic E-state index is 0.0231. The number of carbonyl (C=O) groups is 1. The van der Waals surface area contributed by atoms with E-state index in [2.05, 4.69) is 15.9 Å². The molecule has 3 nitrogen and oxygen atoms in total.